The number of H-pyrrole nitrogens is 1. The van der Waals surface area contributed by atoms with Crippen LogP contribution in [0.5, 0.6) is 0 Å². The van der Waals surface area contributed by atoms with Crippen LogP contribution in [0.1, 0.15) is 25.5 Å². The summed E-state index contributed by atoms with van der Waals surface area (Å²) in [6, 6.07) is 8.22. The van der Waals surface area contributed by atoms with Crippen molar-refractivity contribution in [3.8, 4) is 0 Å². The lowest BCUT2D eigenvalue weighted by Gasteiger charge is -2.04. The van der Waals surface area contributed by atoms with Crippen LogP contribution in [0.4, 0.5) is 0 Å². The second-order valence-electron chi connectivity index (χ2n) is 4.31. The Morgan fingerprint density at radius 3 is 3.00 bits per heavy atom. The molecule has 3 aromatic rings. The largest absolute Gasteiger partial charge is 0.344 e. The lowest BCUT2D eigenvalue weighted by Crippen LogP contribution is -1.93. The molecule has 0 aliphatic rings. The van der Waals surface area contributed by atoms with Crippen molar-refractivity contribution in [2.24, 2.45) is 0 Å². The molecule has 17 heavy (non-hydrogen) atoms. The number of pyridine rings is 1. The first-order valence-electron chi connectivity index (χ1n) is 6.11. The van der Waals surface area contributed by atoms with Crippen LogP contribution in [0.25, 0.3) is 21.9 Å². The van der Waals surface area contributed by atoms with Gasteiger partial charge in [-0.25, -0.2) is 4.98 Å². The molecule has 3 nitrogen and oxygen atoms in total. The number of hydrogen-bond donors (Lipinski definition) is 1. The molecule has 0 atom stereocenters. The molecular weight excluding hydrogens is 210 g/mol. The fraction of sp³-hybridized carbons (Fsp3) is 0.286. The van der Waals surface area contributed by atoms with Crippen LogP contribution in [0, 0.1) is 0 Å². The van der Waals surface area contributed by atoms with Gasteiger partial charge in [0.2, 0.25) is 0 Å². The number of para-hydroxylation sites is 1. The zero-order valence-electron chi connectivity index (χ0n) is 9.90. The first-order valence-corrected chi connectivity index (χ1v) is 6.11. The number of unbranched alkanes of at least 4 members (excludes halogenated alkanes) is 1. The van der Waals surface area contributed by atoms with E-state index in [1.54, 1.807) is 6.33 Å². The maximum absolute atomic E-state index is 4.73. The molecule has 0 spiro atoms. The molecule has 86 valence electrons. The van der Waals surface area contributed by atoms with Gasteiger partial charge in [-0.1, -0.05) is 31.5 Å². The van der Waals surface area contributed by atoms with Crippen molar-refractivity contribution < 1.29 is 0 Å². The first-order chi connectivity index (χ1) is 8.40. The molecule has 0 amide bonds. The second kappa shape index (κ2) is 4.17. The number of aryl methyl sites for hydroxylation is 1. The lowest BCUT2D eigenvalue weighted by molar-refractivity contribution is 0.783. The van der Waals surface area contributed by atoms with Crippen molar-refractivity contribution in [1.82, 2.24) is 15.0 Å². The van der Waals surface area contributed by atoms with Crippen LogP contribution in [-0.4, -0.2) is 15.0 Å². The quantitative estimate of drug-likeness (QED) is 0.741. The van der Waals surface area contributed by atoms with E-state index in [2.05, 4.69) is 29.0 Å². The van der Waals surface area contributed by atoms with Crippen molar-refractivity contribution in [2.75, 3.05) is 0 Å². The Balaban J connectivity index is 2.28. The number of nitrogens with zero attached hydrogens (tertiary/aromatic N) is 2. The molecule has 2 heterocycles. The summed E-state index contributed by atoms with van der Waals surface area (Å²) in [5, 5.41) is 1.15. The van der Waals surface area contributed by atoms with E-state index in [0.29, 0.717) is 0 Å². The van der Waals surface area contributed by atoms with Gasteiger partial charge in [-0.2, -0.15) is 0 Å². The van der Waals surface area contributed by atoms with Crippen molar-refractivity contribution >= 4 is 21.9 Å². The van der Waals surface area contributed by atoms with E-state index in [9.17, 15) is 0 Å². The second-order valence-corrected chi connectivity index (χ2v) is 4.31. The summed E-state index contributed by atoms with van der Waals surface area (Å²) < 4.78 is 0. The zero-order valence-corrected chi connectivity index (χ0v) is 9.90. The fourth-order valence-corrected chi connectivity index (χ4v) is 2.22. The molecule has 0 radical (unpaired) electrons. The number of imidazole rings is 1. The fourth-order valence-electron chi connectivity index (χ4n) is 2.22. The van der Waals surface area contributed by atoms with E-state index in [-0.39, 0.29) is 0 Å². The highest BCUT2D eigenvalue weighted by Crippen LogP contribution is 2.24. The summed E-state index contributed by atoms with van der Waals surface area (Å²) in [5.74, 6) is 0. The van der Waals surface area contributed by atoms with Gasteiger partial charge in [-0.3, -0.25) is 4.98 Å². The van der Waals surface area contributed by atoms with Crippen LogP contribution < -0.4 is 0 Å². The van der Waals surface area contributed by atoms with Crippen LogP contribution in [0.2, 0.25) is 0 Å². The molecule has 0 aliphatic carbocycles. The van der Waals surface area contributed by atoms with Crippen molar-refractivity contribution in [3.63, 3.8) is 0 Å². The minimum atomic E-state index is 1.00. The van der Waals surface area contributed by atoms with Crippen molar-refractivity contribution in [3.05, 3.63) is 36.3 Å². The molecule has 0 saturated heterocycles. The van der Waals surface area contributed by atoms with E-state index in [4.69, 9.17) is 4.98 Å². The minimum Gasteiger partial charge on any atom is -0.344 e. The molecule has 0 fully saturated rings. The third kappa shape index (κ3) is 1.68. The number of nitrogens with one attached hydrogen (secondary N) is 1. The predicted octanol–water partition coefficient (Wildman–Crippen LogP) is 3.45. The number of aromatic nitrogens is 3. The highest BCUT2D eigenvalue weighted by atomic mass is 14.9. The summed E-state index contributed by atoms with van der Waals surface area (Å²) in [6.07, 6.45) is 5.10. The summed E-state index contributed by atoms with van der Waals surface area (Å²) in [6.45, 7) is 2.20. The normalized spacial score (nSPS) is 11.4. The van der Waals surface area contributed by atoms with Gasteiger partial charge in [0.1, 0.15) is 5.52 Å². The monoisotopic (exact) mass is 225 g/mol. The average molecular weight is 225 g/mol. The molecule has 0 bridgehead atoms. The van der Waals surface area contributed by atoms with E-state index in [1.165, 1.54) is 6.42 Å². The maximum Gasteiger partial charge on any atom is 0.110 e. The van der Waals surface area contributed by atoms with Gasteiger partial charge in [-0.05, 0) is 18.9 Å². The Kier molecular flexibility index (Phi) is 2.52. The number of fused-ring (bicyclic) bond motifs is 3. The molecule has 0 unspecified atom stereocenters. The van der Waals surface area contributed by atoms with Gasteiger partial charge in [-0.15, -0.1) is 0 Å². The third-order valence-corrected chi connectivity index (χ3v) is 3.11. The first kappa shape index (κ1) is 10.3. The topological polar surface area (TPSA) is 41.6 Å². The smallest absolute Gasteiger partial charge is 0.110 e. The van der Waals surface area contributed by atoms with Crippen molar-refractivity contribution in [1.29, 1.82) is 0 Å². The van der Waals surface area contributed by atoms with E-state index in [0.717, 1.165) is 40.5 Å². The van der Waals surface area contributed by atoms with Gasteiger partial charge in [0.25, 0.3) is 0 Å². The Morgan fingerprint density at radius 2 is 2.12 bits per heavy atom. The van der Waals surface area contributed by atoms with Crippen LogP contribution in [0.3, 0.4) is 0 Å². The molecule has 0 saturated carbocycles. The average Bonchev–Trinajstić information content (AvgIpc) is 2.85. The summed E-state index contributed by atoms with van der Waals surface area (Å²) in [7, 11) is 0. The van der Waals surface area contributed by atoms with Gasteiger partial charge in [0.15, 0.2) is 0 Å². The maximum atomic E-state index is 4.73. The molecule has 1 N–H and O–H groups in total. The Labute approximate surface area is 99.9 Å². The summed E-state index contributed by atoms with van der Waals surface area (Å²) >= 11 is 0. The summed E-state index contributed by atoms with van der Waals surface area (Å²) in [4.78, 5) is 12.4. The van der Waals surface area contributed by atoms with Crippen LogP contribution in [-0.2, 0) is 6.42 Å². The minimum absolute atomic E-state index is 1.00. The summed E-state index contributed by atoms with van der Waals surface area (Å²) in [5.41, 5.74) is 4.30. The van der Waals surface area contributed by atoms with E-state index in [1.807, 2.05) is 12.1 Å². The van der Waals surface area contributed by atoms with Crippen LogP contribution >= 0.6 is 0 Å². The Bertz CT molecular complexity index is 655. The molecule has 3 heteroatoms. The standard InChI is InChI=1S/C14H15N3/c1-2-3-7-12-14-13(15-9-16-14)10-6-4-5-8-11(10)17-12/h4-6,8-9H,2-3,7H2,1H3,(H,15,16). The lowest BCUT2D eigenvalue weighted by atomic mass is 10.1. The van der Waals surface area contributed by atoms with Gasteiger partial charge >= 0.3 is 0 Å². The molecule has 2 aromatic heterocycles. The third-order valence-electron chi connectivity index (χ3n) is 3.11. The van der Waals surface area contributed by atoms with Gasteiger partial charge in [0.05, 0.1) is 23.1 Å². The molecule has 1 aromatic carbocycles. The van der Waals surface area contributed by atoms with Gasteiger partial charge in [0, 0.05) is 5.39 Å². The SMILES string of the molecule is CCCCc1nc2ccccc2c2[nH]cnc12. The molecule has 0 aliphatic heterocycles. The molecule has 3 rings (SSSR count). The van der Waals surface area contributed by atoms with Crippen LogP contribution in [0.15, 0.2) is 30.6 Å². The predicted molar refractivity (Wildman–Crippen MR) is 70.0 cm³/mol. The van der Waals surface area contributed by atoms with Gasteiger partial charge < -0.3 is 4.98 Å². The number of hydrogen-bond acceptors (Lipinski definition) is 2. The van der Waals surface area contributed by atoms with E-state index >= 15 is 0 Å². The zero-order chi connectivity index (χ0) is 11.7. The highest BCUT2D eigenvalue weighted by Gasteiger charge is 2.09. The number of aromatic amines is 1. The van der Waals surface area contributed by atoms with E-state index < -0.39 is 0 Å². The number of benzene rings is 1. The Morgan fingerprint density at radius 1 is 1.24 bits per heavy atom. The Hall–Kier alpha value is -1.90. The van der Waals surface area contributed by atoms with Crippen molar-refractivity contribution in [2.45, 2.75) is 26.2 Å². The molecular formula is C14H15N3. The highest BCUT2D eigenvalue weighted by molar-refractivity contribution is 6.02. The number of rotatable bonds is 3.